The summed E-state index contributed by atoms with van der Waals surface area (Å²) in [7, 11) is 0. The van der Waals surface area contributed by atoms with Gasteiger partial charge < -0.3 is 9.64 Å². The maximum absolute atomic E-state index is 13.2. The van der Waals surface area contributed by atoms with E-state index in [9.17, 15) is 9.59 Å². The number of aryl methyl sites for hydroxylation is 2. The zero-order valence-corrected chi connectivity index (χ0v) is 20.5. The summed E-state index contributed by atoms with van der Waals surface area (Å²) in [4.78, 5) is 27.6. The number of hydrogen-bond donors (Lipinski definition) is 0. The Balaban J connectivity index is 1.69. The molecule has 178 valence electrons. The van der Waals surface area contributed by atoms with Gasteiger partial charge in [0.25, 0.3) is 5.91 Å². The van der Waals surface area contributed by atoms with Crippen LogP contribution in [0.1, 0.15) is 71.5 Å². The summed E-state index contributed by atoms with van der Waals surface area (Å²) >= 11 is 0. The van der Waals surface area contributed by atoms with Crippen LogP contribution in [0.3, 0.4) is 0 Å². The lowest BCUT2D eigenvalue weighted by atomic mass is 9.99. The molecule has 0 bridgehead atoms. The fourth-order valence-electron chi connectivity index (χ4n) is 4.59. The Labute approximate surface area is 201 Å². The Morgan fingerprint density at radius 1 is 1.00 bits per heavy atom. The SMILES string of the molecule is CCOC(=O)c1cc(-c2ccc(C)c(C)c2)n(-c2ccc(C(=O)N3CCCC[C@H]3CC)cc2)n1. The van der Waals surface area contributed by atoms with Crippen LogP contribution in [0.25, 0.3) is 16.9 Å². The van der Waals surface area contributed by atoms with E-state index in [0.717, 1.165) is 48.3 Å². The lowest BCUT2D eigenvalue weighted by molar-refractivity contribution is 0.0518. The highest BCUT2D eigenvalue weighted by molar-refractivity contribution is 5.94. The van der Waals surface area contributed by atoms with Crippen LogP contribution >= 0.6 is 0 Å². The second kappa shape index (κ2) is 10.2. The quantitative estimate of drug-likeness (QED) is 0.441. The van der Waals surface area contributed by atoms with Crippen LogP contribution < -0.4 is 0 Å². The molecule has 1 saturated heterocycles. The minimum Gasteiger partial charge on any atom is -0.461 e. The number of benzene rings is 2. The topological polar surface area (TPSA) is 64.4 Å². The average molecular weight is 460 g/mol. The van der Waals surface area contributed by atoms with Crippen molar-refractivity contribution in [2.45, 2.75) is 59.4 Å². The van der Waals surface area contributed by atoms with Crippen LogP contribution in [0.4, 0.5) is 0 Å². The third-order valence-corrected chi connectivity index (χ3v) is 6.71. The molecule has 34 heavy (non-hydrogen) atoms. The van der Waals surface area contributed by atoms with Gasteiger partial charge in [0.2, 0.25) is 0 Å². The number of hydrogen-bond acceptors (Lipinski definition) is 4. The number of rotatable bonds is 6. The minimum absolute atomic E-state index is 0.0835. The summed E-state index contributed by atoms with van der Waals surface area (Å²) < 4.78 is 6.93. The molecule has 1 aliphatic rings. The van der Waals surface area contributed by atoms with Crippen LogP contribution in [0.15, 0.2) is 48.5 Å². The molecule has 6 nitrogen and oxygen atoms in total. The molecule has 2 aromatic carbocycles. The number of amides is 1. The van der Waals surface area contributed by atoms with Gasteiger partial charge in [-0.3, -0.25) is 4.79 Å². The van der Waals surface area contributed by atoms with E-state index in [1.54, 1.807) is 17.7 Å². The molecule has 1 aromatic heterocycles. The number of esters is 1. The lowest BCUT2D eigenvalue weighted by Crippen LogP contribution is -2.43. The second-order valence-corrected chi connectivity index (χ2v) is 8.95. The molecule has 0 N–H and O–H groups in total. The zero-order valence-electron chi connectivity index (χ0n) is 20.5. The van der Waals surface area contributed by atoms with Gasteiger partial charge in [0.15, 0.2) is 5.69 Å². The van der Waals surface area contributed by atoms with Gasteiger partial charge in [-0.05, 0) is 94.0 Å². The van der Waals surface area contributed by atoms with Gasteiger partial charge in [-0.15, -0.1) is 0 Å². The molecule has 0 aliphatic carbocycles. The van der Waals surface area contributed by atoms with Crippen LogP contribution in [0.5, 0.6) is 0 Å². The van der Waals surface area contributed by atoms with Gasteiger partial charge >= 0.3 is 5.97 Å². The molecule has 3 aromatic rings. The molecule has 0 saturated carbocycles. The number of aromatic nitrogens is 2. The molecule has 6 heteroatoms. The highest BCUT2D eigenvalue weighted by atomic mass is 16.5. The zero-order chi connectivity index (χ0) is 24.2. The van der Waals surface area contributed by atoms with Crippen LogP contribution in [0.2, 0.25) is 0 Å². The number of nitrogens with zero attached hydrogens (tertiary/aromatic N) is 3. The number of carbonyl (C=O) groups excluding carboxylic acids is 2. The van der Waals surface area contributed by atoms with Crippen molar-refractivity contribution in [2.75, 3.05) is 13.2 Å². The van der Waals surface area contributed by atoms with Crippen molar-refractivity contribution < 1.29 is 14.3 Å². The molecule has 0 unspecified atom stereocenters. The maximum atomic E-state index is 13.2. The predicted octanol–water partition coefficient (Wildman–Crippen LogP) is 5.74. The summed E-state index contributed by atoms with van der Waals surface area (Å²) in [6.45, 7) is 9.17. The first-order chi connectivity index (χ1) is 16.4. The maximum Gasteiger partial charge on any atom is 0.358 e. The highest BCUT2D eigenvalue weighted by Crippen LogP contribution is 2.27. The monoisotopic (exact) mass is 459 g/mol. The summed E-state index contributed by atoms with van der Waals surface area (Å²) in [5.74, 6) is -0.367. The molecular formula is C28H33N3O3. The van der Waals surface area contributed by atoms with Crippen LogP contribution in [-0.4, -0.2) is 45.8 Å². The van der Waals surface area contributed by atoms with Crippen molar-refractivity contribution in [2.24, 2.45) is 0 Å². The largest absolute Gasteiger partial charge is 0.461 e. The Morgan fingerprint density at radius 2 is 1.76 bits per heavy atom. The molecular weight excluding hydrogens is 426 g/mol. The van der Waals surface area contributed by atoms with E-state index >= 15 is 0 Å². The van der Waals surface area contributed by atoms with Gasteiger partial charge in [-0.25, -0.2) is 9.48 Å². The van der Waals surface area contributed by atoms with Crippen molar-refractivity contribution in [3.05, 3.63) is 70.9 Å². The first-order valence-electron chi connectivity index (χ1n) is 12.2. The van der Waals surface area contributed by atoms with E-state index in [-0.39, 0.29) is 18.2 Å². The summed E-state index contributed by atoms with van der Waals surface area (Å²) in [6, 6.07) is 15.8. The molecule has 1 atom stereocenters. The normalized spacial score (nSPS) is 15.9. The average Bonchev–Trinajstić information content (AvgIpc) is 3.31. The van der Waals surface area contributed by atoms with Gasteiger partial charge in [0, 0.05) is 23.7 Å². The number of carbonyl (C=O) groups is 2. The Morgan fingerprint density at radius 3 is 2.44 bits per heavy atom. The number of ether oxygens (including phenoxy) is 1. The van der Waals surface area contributed by atoms with E-state index in [0.29, 0.717) is 11.6 Å². The fourth-order valence-corrected chi connectivity index (χ4v) is 4.59. The predicted molar refractivity (Wildman–Crippen MR) is 133 cm³/mol. The summed E-state index contributed by atoms with van der Waals surface area (Å²) in [5.41, 5.74) is 5.84. The van der Waals surface area contributed by atoms with Gasteiger partial charge in [-0.2, -0.15) is 5.10 Å². The second-order valence-electron chi connectivity index (χ2n) is 8.95. The van der Waals surface area contributed by atoms with E-state index in [1.165, 1.54) is 12.0 Å². The Kier molecular flexibility index (Phi) is 7.15. The first kappa shape index (κ1) is 23.7. The third kappa shape index (κ3) is 4.76. The number of piperidine rings is 1. The van der Waals surface area contributed by atoms with Crippen molar-refractivity contribution >= 4 is 11.9 Å². The third-order valence-electron chi connectivity index (χ3n) is 6.71. The van der Waals surface area contributed by atoms with Crippen LogP contribution in [0, 0.1) is 13.8 Å². The van der Waals surface area contributed by atoms with Crippen molar-refractivity contribution in [3.63, 3.8) is 0 Å². The summed E-state index contributed by atoms with van der Waals surface area (Å²) in [6.07, 6.45) is 4.30. The Bertz CT molecular complexity index is 1180. The van der Waals surface area contributed by atoms with Crippen molar-refractivity contribution in [1.82, 2.24) is 14.7 Å². The molecule has 0 spiro atoms. The standard InChI is InChI=1S/C28H33N3O3/c1-5-23-9-7-8-16-30(23)27(32)21-12-14-24(15-13-21)31-26(18-25(29-31)28(33)34-6-2)22-11-10-19(3)20(4)17-22/h10-15,17-18,23H,5-9,16H2,1-4H3/t23-/m1/s1. The van der Waals surface area contributed by atoms with Gasteiger partial charge in [0.1, 0.15) is 0 Å². The van der Waals surface area contributed by atoms with Crippen molar-refractivity contribution in [1.29, 1.82) is 0 Å². The van der Waals surface area contributed by atoms with Gasteiger partial charge in [-0.1, -0.05) is 19.1 Å². The van der Waals surface area contributed by atoms with E-state index in [1.807, 2.05) is 35.2 Å². The minimum atomic E-state index is -0.450. The molecule has 1 amide bonds. The summed E-state index contributed by atoms with van der Waals surface area (Å²) in [5, 5.41) is 4.56. The Hall–Kier alpha value is -3.41. The molecule has 2 heterocycles. The number of likely N-dealkylation sites (tertiary alicyclic amines) is 1. The molecule has 1 fully saturated rings. The van der Waals surface area contributed by atoms with E-state index < -0.39 is 5.97 Å². The van der Waals surface area contributed by atoms with E-state index in [2.05, 4.69) is 38.0 Å². The lowest BCUT2D eigenvalue weighted by Gasteiger charge is -2.35. The fraction of sp³-hybridized carbons (Fsp3) is 0.393. The van der Waals surface area contributed by atoms with E-state index in [4.69, 9.17) is 4.74 Å². The first-order valence-corrected chi connectivity index (χ1v) is 12.2. The van der Waals surface area contributed by atoms with Crippen molar-refractivity contribution in [3.8, 4) is 16.9 Å². The molecule has 1 aliphatic heterocycles. The molecule has 0 radical (unpaired) electrons. The van der Waals surface area contributed by atoms with Gasteiger partial charge in [0.05, 0.1) is 18.0 Å². The highest BCUT2D eigenvalue weighted by Gasteiger charge is 2.26. The smallest absolute Gasteiger partial charge is 0.358 e. The van der Waals surface area contributed by atoms with Crippen LogP contribution in [-0.2, 0) is 4.74 Å². The molecule has 4 rings (SSSR count).